The second-order valence-electron chi connectivity index (χ2n) is 4.96. The number of aldehydes is 1. The minimum Gasteiger partial charge on any atom is -0.298 e. The second-order valence-corrected chi connectivity index (χ2v) is 6.79. The number of halogens is 2. The van der Waals surface area contributed by atoms with E-state index in [9.17, 15) is 4.79 Å². The van der Waals surface area contributed by atoms with Crippen LogP contribution in [-0.2, 0) is 0 Å². The first kappa shape index (κ1) is 15.9. The van der Waals surface area contributed by atoms with Crippen LogP contribution in [0.2, 0.25) is 0 Å². The van der Waals surface area contributed by atoms with Gasteiger partial charge in [0.05, 0.1) is 11.3 Å². The molecular weight excluding hydrogens is 420 g/mol. The molecule has 0 aliphatic rings. The van der Waals surface area contributed by atoms with Gasteiger partial charge in [0.25, 0.3) is 0 Å². The zero-order valence-corrected chi connectivity index (χ0v) is 15.2. The van der Waals surface area contributed by atoms with Crippen LogP contribution in [-0.4, -0.2) is 16.1 Å². The van der Waals surface area contributed by atoms with Crippen LogP contribution in [0, 0.1) is 0 Å². The normalized spacial score (nSPS) is 10.5. The maximum absolute atomic E-state index is 11.4. The molecule has 0 amide bonds. The van der Waals surface area contributed by atoms with Gasteiger partial charge in [-0.2, -0.15) is 5.10 Å². The Bertz CT molecular complexity index is 865. The van der Waals surface area contributed by atoms with Crippen LogP contribution in [0.5, 0.6) is 0 Å². The lowest BCUT2D eigenvalue weighted by molar-refractivity contribution is 0.112. The van der Waals surface area contributed by atoms with E-state index in [1.165, 1.54) is 0 Å². The Labute approximate surface area is 150 Å². The van der Waals surface area contributed by atoms with Gasteiger partial charge in [0.2, 0.25) is 0 Å². The fraction of sp³-hybridized carbons (Fsp3) is 0. The molecule has 3 rings (SSSR count). The highest BCUT2D eigenvalue weighted by Gasteiger charge is 2.13. The molecule has 2 aromatic carbocycles. The Morgan fingerprint density at radius 1 is 1.00 bits per heavy atom. The summed E-state index contributed by atoms with van der Waals surface area (Å²) in [5, 5.41) is 4.54. The van der Waals surface area contributed by atoms with Gasteiger partial charge in [-0.15, -0.1) is 0 Å². The van der Waals surface area contributed by atoms with Crippen LogP contribution >= 0.6 is 31.9 Å². The molecule has 0 unspecified atom stereocenters. The van der Waals surface area contributed by atoms with E-state index in [2.05, 4.69) is 43.5 Å². The third-order valence-corrected chi connectivity index (χ3v) is 4.50. The number of carbonyl (C=O) groups excluding carboxylic acids is 1. The number of hydrogen-bond donors (Lipinski definition) is 0. The molecule has 114 valence electrons. The molecule has 0 bridgehead atoms. The Morgan fingerprint density at radius 3 is 2.13 bits per heavy atom. The van der Waals surface area contributed by atoms with E-state index >= 15 is 0 Å². The summed E-state index contributed by atoms with van der Waals surface area (Å²) >= 11 is 6.82. The summed E-state index contributed by atoms with van der Waals surface area (Å²) in [5.41, 5.74) is 3.72. The molecule has 0 aliphatic carbocycles. The minimum absolute atomic E-state index is 0.533. The highest BCUT2D eigenvalue weighted by Crippen LogP contribution is 2.25. The van der Waals surface area contributed by atoms with Crippen molar-refractivity contribution in [3.8, 4) is 11.3 Å². The second kappa shape index (κ2) is 6.64. The quantitative estimate of drug-likeness (QED) is 0.518. The first-order valence-electron chi connectivity index (χ1n) is 6.84. The molecule has 0 N–H and O–H groups in total. The van der Waals surface area contributed by atoms with E-state index in [0.717, 1.165) is 26.4 Å². The van der Waals surface area contributed by atoms with Gasteiger partial charge >= 0.3 is 0 Å². The maximum Gasteiger partial charge on any atom is 0.153 e. The summed E-state index contributed by atoms with van der Waals surface area (Å²) in [6, 6.07) is 15.5. The number of benzene rings is 2. The monoisotopic (exact) mass is 430 g/mol. The summed E-state index contributed by atoms with van der Waals surface area (Å²) in [4.78, 5) is 11.4. The molecule has 1 heterocycles. The van der Waals surface area contributed by atoms with E-state index in [-0.39, 0.29) is 0 Å². The maximum atomic E-state index is 11.4. The van der Waals surface area contributed by atoms with Crippen LogP contribution in [0.1, 0.15) is 15.9 Å². The summed E-state index contributed by atoms with van der Waals surface area (Å²) in [6.07, 6.45) is 2.52. The van der Waals surface area contributed by atoms with Gasteiger partial charge in [-0.25, -0.2) is 4.68 Å². The zero-order chi connectivity index (χ0) is 16.4. The minimum atomic E-state index is 0.533. The highest BCUT2D eigenvalue weighted by atomic mass is 79.9. The third-order valence-electron chi connectivity index (χ3n) is 3.44. The van der Waals surface area contributed by atoms with Gasteiger partial charge in [0.1, 0.15) is 5.69 Å². The average molecular weight is 432 g/mol. The lowest BCUT2D eigenvalue weighted by Gasteiger charge is -2.06. The fourth-order valence-corrected chi connectivity index (χ4v) is 2.75. The summed E-state index contributed by atoms with van der Waals surface area (Å²) in [5.74, 6) is 0. The molecule has 0 fully saturated rings. The van der Waals surface area contributed by atoms with Gasteiger partial charge < -0.3 is 0 Å². The van der Waals surface area contributed by atoms with Crippen molar-refractivity contribution in [3.63, 3.8) is 0 Å². The molecule has 0 radical (unpaired) electrons. The van der Waals surface area contributed by atoms with Crippen molar-refractivity contribution in [2.75, 3.05) is 0 Å². The summed E-state index contributed by atoms with van der Waals surface area (Å²) in [6.45, 7) is 4.08. The third kappa shape index (κ3) is 3.35. The molecule has 0 saturated carbocycles. The van der Waals surface area contributed by atoms with Gasteiger partial charge in [-0.3, -0.25) is 4.79 Å². The van der Waals surface area contributed by atoms with Crippen LogP contribution in [0.4, 0.5) is 0 Å². The van der Waals surface area contributed by atoms with E-state index in [1.807, 2.05) is 48.5 Å². The molecule has 3 aromatic rings. The van der Waals surface area contributed by atoms with Gasteiger partial charge in [0.15, 0.2) is 6.29 Å². The first-order valence-corrected chi connectivity index (χ1v) is 8.43. The van der Waals surface area contributed by atoms with Crippen LogP contribution < -0.4 is 0 Å². The van der Waals surface area contributed by atoms with Crippen molar-refractivity contribution >= 4 is 43.8 Å². The van der Waals surface area contributed by atoms with Crippen molar-refractivity contribution in [1.29, 1.82) is 0 Å². The summed E-state index contributed by atoms with van der Waals surface area (Å²) < 4.78 is 3.62. The van der Waals surface area contributed by atoms with Crippen molar-refractivity contribution in [2.45, 2.75) is 0 Å². The van der Waals surface area contributed by atoms with Crippen molar-refractivity contribution in [3.05, 3.63) is 81.4 Å². The predicted molar refractivity (Wildman–Crippen MR) is 99.3 cm³/mol. The predicted octanol–water partition coefficient (Wildman–Crippen LogP) is 5.41. The summed E-state index contributed by atoms with van der Waals surface area (Å²) in [7, 11) is 0. The first-order chi connectivity index (χ1) is 11.1. The molecule has 0 aliphatic heterocycles. The molecule has 5 heteroatoms. The Morgan fingerprint density at radius 2 is 1.57 bits per heavy atom. The van der Waals surface area contributed by atoms with Gasteiger partial charge in [-0.05, 0) is 29.8 Å². The van der Waals surface area contributed by atoms with Gasteiger partial charge in [0, 0.05) is 20.7 Å². The van der Waals surface area contributed by atoms with Crippen molar-refractivity contribution in [2.24, 2.45) is 0 Å². The van der Waals surface area contributed by atoms with Crippen molar-refractivity contribution in [1.82, 2.24) is 9.78 Å². The lowest BCUT2D eigenvalue weighted by atomic mass is 10.1. The molecule has 0 atom stereocenters. The number of carbonyl (C=O) groups is 1. The Kier molecular flexibility index (Phi) is 4.59. The molecule has 1 aromatic heterocycles. The number of hydrogen-bond acceptors (Lipinski definition) is 2. The lowest BCUT2D eigenvalue weighted by Crippen LogP contribution is -1.98. The molecule has 0 saturated heterocycles. The van der Waals surface area contributed by atoms with E-state index < -0.39 is 0 Å². The smallest absolute Gasteiger partial charge is 0.153 e. The fourth-order valence-electron chi connectivity index (χ4n) is 2.22. The van der Waals surface area contributed by atoms with E-state index in [0.29, 0.717) is 17.0 Å². The molecule has 0 spiro atoms. The van der Waals surface area contributed by atoms with Gasteiger partial charge in [-0.1, -0.05) is 62.7 Å². The molecular formula is C18H12Br2N2O. The average Bonchev–Trinajstić information content (AvgIpc) is 3.00. The van der Waals surface area contributed by atoms with Crippen molar-refractivity contribution < 1.29 is 4.79 Å². The van der Waals surface area contributed by atoms with Crippen LogP contribution in [0.3, 0.4) is 0 Å². The standard InChI is InChI=1S/C18H12Br2N2O/c1-12(13-2-6-16(19)7-3-13)22-10-15(11-23)18(21-22)14-4-8-17(20)9-5-14/h2-11H,1H2. The number of nitrogens with zero attached hydrogens (tertiary/aromatic N) is 2. The Balaban J connectivity index is 2.01. The number of rotatable bonds is 4. The number of aromatic nitrogens is 2. The van der Waals surface area contributed by atoms with E-state index in [1.54, 1.807) is 10.9 Å². The SMILES string of the molecule is C=C(c1ccc(Br)cc1)n1cc(C=O)c(-c2ccc(Br)cc2)n1. The Hall–Kier alpha value is -1.98. The van der Waals surface area contributed by atoms with Crippen LogP contribution in [0.25, 0.3) is 17.0 Å². The largest absolute Gasteiger partial charge is 0.298 e. The topological polar surface area (TPSA) is 34.9 Å². The molecule has 23 heavy (non-hydrogen) atoms. The van der Waals surface area contributed by atoms with E-state index in [4.69, 9.17) is 0 Å². The molecule has 3 nitrogen and oxygen atoms in total. The highest BCUT2D eigenvalue weighted by molar-refractivity contribution is 9.10. The zero-order valence-electron chi connectivity index (χ0n) is 12.0. The van der Waals surface area contributed by atoms with Crippen LogP contribution in [0.15, 0.2) is 70.3 Å².